The van der Waals surface area contributed by atoms with Gasteiger partial charge in [0.2, 0.25) is 15.9 Å². The average Bonchev–Trinajstić information content (AvgIpc) is 2.36. The molecule has 1 rings (SSSR count). The SMILES string of the molecule is CC(C)NC(=O)CCNS(=O)(=O)c1ccc(C(C)(C)C)cc1. The minimum absolute atomic E-state index is 0.0232. The standard InChI is InChI=1S/C16H26N2O3S/c1-12(2)18-15(19)10-11-17-22(20,21)14-8-6-13(7-9-14)16(3,4)5/h6-9,12,17H,10-11H2,1-5H3,(H,18,19). The van der Waals surface area contributed by atoms with Gasteiger partial charge >= 0.3 is 0 Å². The van der Waals surface area contributed by atoms with Crippen LogP contribution in [0, 0.1) is 0 Å². The number of carbonyl (C=O) groups is 1. The summed E-state index contributed by atoms with van der Waals surface area (Å²) in [5.74, 6) is -0.166. The Morgan fingerprint density at radius 1 is 1.14 bits per heavy atom. The van der Waals surface area contributed by atoms with Crippen LogP contribution in [0.15, 0.2) is 29.2 Å². The number of amides is 1. The highest BCUT2D eigenvalue weighted by Gasteiger charge is 2.17. The fourth-order valence-electron chi connectivity index (χ4n) is 1.91. The molecule has 6 heteroatoms. The molecule has 0 fully saturated rings. The lowest BCUT2D eigenvalue weighted by Crippen LogP contribution is -2.34. The highest BCUT2D eigenvalue weighted by Crippen LogP contribution is 2.23. The van der Waals surface area contributed by atoms with Crippen LogP contribution in [-0.4, -0.2) is 26.9 Å². The normalized spacial score (nSPS) is 12.5. The van der Waals surface area contributed by atoms with Crippen molar-refractivity contribution in [3.63, 3.8) is 0 Å². The number of nitrogens with one attached hydrogen (secondary N) is 2. The van der Waals surface area contributed by atoms with Crippen molar-refractivity contribution in [3.8, 4) is 0 Å². The van der Waals surface area contributed by atoms with Crippen molar-refractivity contribution < 1.29 is 13.2 Å². The zero-order chi connectivity index (χ0) is 17.0. The lowest BCUT2D eigenvalue weighted by Gasteiger charge is -2.19. The second-order valence-corrected chi connectivity index (χ2v) is 8.41. The first-order valence-electron chi connectivity index (χ1n) is 7.42. The molecule has 0 atom stereocenters. The summed E-state index contributed by atoms with van der Waals surface area (Å²) in [6.07, 6.45) is 0.123. The highest BCUT2D eigenvalue weighted by atomic mass is 32.2. The van der Waals surface area contributed by atoms with Crippen LogP contribution in [0.3, 0.4) is 0 Å². The van der Waals surface area contributed by atoms with E-state index in [-0.39, 0.29) is 35.2 Å². The molecule has 124 valence electrons. The Balaban J connectivity index is 2.65. The van der Waals surface area contributed by atoms with Crippen LogP contribution in [0.1, 0.15) is 46.6 Å². The van der Waals surface area contributed by atoms with Crippen LogP contribution in [-0.2, 0) is 20.2 Å². The van der Waals surface area contributed by atoms with Crippen molar-refractivity contribution in [2.24, 2.45) is 0 Å². The fourth-order valence-corrected chi connectivity index (χ4v) is 2.94. The van der Waals surface area contributed by atoms with Gasteiger partial charge in [-0.3, -0.25) is 4.79 Å². The van der Waals surface area contributed by atoms with Gasteiger partial charge in [-0.15, -0.1) is 0 Å². The molecule has 0 aromatic heterocycles. The number of hydrogen-bond acceptors (Lipinski definition) is 3. The molecular formula is C16H26N2O3S. The molecular weight excluding hydrogens is 300 g/mol. The maximum absolute atomic E-state index is 12.2. The van der Waals surface area contributed by atoms with E-state index in [0.717, 1.165) is 5.56 Å². The first-order chi connectivity index (χ1) is 10.0. The molecule has 0 heterocycles. The lowest BCUT2D eigenvalue weighted by molar-refractivity contribution is -0.121. The first-order valence-corrected chi connectivity index (χ1v) is 8.90. The van der Waals surface area contributed by atoms with Crippen molar-refractivity contribution >= 4 is 15.9 Å². The van der Waals surface area contributed by atoms with E-state index in [4.69, 9.17) is 0 Å². The van der Waals surface area contributed by atoms with E-state index < -0.39 is 10.0 Å². The zero-order valence-corrected chi connectivity index (χ0v) is 14.8. The first kappa shape index (κ1) is 18.6. The van der Waals surface area contributed by atoms with Gasteiger partial charge in [0.25, 0.3) is 0 Å². The molecule has 0 saturated carbocycles. The Labute approximate surface area is 133 Å². The summed E-state index contributed by atoms with van der Waals surface area (Å²) in [7, 11) is -3.58. The van der Waals surface area contributed by atoms with Crippen molar-refractivity contribution in [1.82, 2.24) is 10.0 Å². The molecule has 22 heavy (non-hydrogen) atoms. The molecule has 1 aromatic carbocycles. The van der Waals surface area contributed by atoms with Gasteiger partial charge in [0.1, 0.15) is 0 Å². The molecule has 5 nitrogen and oxygen atoms in total. The number of benzene rings is 1. The van der Waals surface area contributed by atoms with Crippen LogP contribution >= 0.6 is 0 Å². The molecule has 0 radical (unpaired) electrons. The summed E-state index contributed by atoms with van der Waals surface area (Å²) in [4.78, 5) is 11.7. The predicted octanol–water partition coefficient (Wildman–Crippen LogP) is 2.18. The maximum Gasteiger partial charge on any atom is 0.240 e. The molecule has 0 aliphatic rings. The van der Waals surface area contributed by atoms with E-state index in [1.165, 1.54) is 0 Å². The van der Waals surface area contributed by atoms with Gasteiger partial charge in [-0.1, -0.05) is 32.9 Å². The van der Waals surface area contributed by atoms with E-state index in [1.807, 2.05) is 26.0 Å². The Morgan fingerprint density at radius 2 is 1.68 bits per heavy atom. The monoisotopic (exact) mass is 326 g/mol. The van der Waals surface area contributed by atoms with E-state index in [2.05, 4.69) is 30.8 Å². The van der Waals surface area contributed by atoms with Crippen molar-refractivity contribution in [3.05, 3.63) is 29.8 Å². The molecule has 0 aliphatic carbocycles. The smallest absolute Gasteiger partial charge is 0.240 e. The van der Waals surface area contributed by atoms with E-state index >= 15 is 0 Å². The predicted molar refractivity (Wildman–Crippen MR) is 88.2 cm³/mol. The van der Waals surface area contributed by atoms with Gasteiger partial charge in [-0.05, 0) is 37.0 Å². The number of hydrogen-bond donors (Lipinski definition) is 2. The molecule has 1 amide bonds. The molecule has 0 spiro atoms. The Kier molecular flexibility index (Phi) is 6.14. The van der Waals surface area contributed by atoms with Crippen LogP contribution in [0.5, 0.6) is 0 Å². The summed E-state index contributed by atoms with van der Waals surface area (Å²) in [6.45, 7) is 10.0. The summed E-state index contributed by atoms with van der Waals surface area (Å²) >= 11 is 0. The Bertz CT molecular complexity index is 599. The topological polar surface area (TPSA) is 75.3 Å². The Morgan fingerprint density at radius 3 is 2.14 bits per heavy atom. The van der Waals surface area contributed by atoms with E-state index in [1.54, 1.807) is 12.1 Å². The number of sulfonamides is 1. The molecule has 0 bridgehead atoms. The third-order valence-corrected chi connectivity index (χ3v) is 4.60. The van der Waals surface area contributed by atoms with Crippen molar-refractivity contribution in [2.45, 2.75) is 57.4 Å². The van der Waals surface area contributed by atoms with Crippen molar-refractivity contribution in [1.29, 1.82) is 0 Å². The fraction of sp³-hybridized carbons (Fsp3) is 0.562. The molecule has 0 aliphatic heterocycles. The second-order valence-electron chi connectivity index (χ2n) is 6.64. The Hall–Kier alpha value is -1.40. The minimum atomic E-state index is -3.58. The van der Waals surface area contributed by atoms with E-state index in [0.29, 0.717) is 0 Å². The van der Waals surface area contributed by atoms with Crippen LogP contribution in [0.25, 0.3) is 0 Å². The van der Waals surface area contributed by atoms with Crippen LogP contribution < -0.4 is 10.0 Å². The third kappa shape index (κ3) is 5.77. The summed E-state index contributed by atoms with van der Waals surface area (Å²) < 4.78 is 26.8. The molecule has 0 saturated heterocycles. The zero-order valence-electron chi connectivity index (χ0n) is 13.9. The van der Waals surface area contributed by atoms with Crippen LogP contribution in [0.4, 0.5) is 0 Å². The van der Waals surface area contributed by atoms with E-state index in [9.17, 15) is 13.2 Å². The average molecular weight is 326 g/mol. The van der Waals surface area contributed by atoms with Gasteiger partial charge in [-0.2, -0.15) is 0 Å². The highest BCUT2D eigenvalue weighted by molar-refractivity contribution is 7.89. The molecule has 0 unspecified atom stereocenters. The quantitative estimate of drug-likeness (QED) is 0.841. The minimum Gasteiger partial charge on any atom is -0.354 e. The third-order valence-electron chi connectivity index (χ3n) is 3.12. The summed E-state index contributed by atoms with van der Waals surface area (Å²) in [6, 6.07) is 6.88. The van der Waals surface area contributed by atoms with Crippen LogP contribution in [0.2, 0.25) is 0 Å². The molecule has 1 aromatic rings. The van der Waals surface area contributed by atoms with Gasteiger partial charge < -0.3 is 5.32 Å². The number of carbonyl (C=O) groups excluding carboxylic acids is 1. The summed E-state index contributed by atoms with van der Waals surface area (Å²) in [5.41, 5.74) is 1.05. The van der Waals surface area contributed by atoms with Gasteiger partial charge in [0.05, 0.1) is 4.90 Å². The molecule has 2 N–H and O–H groups in total. The summed E-state index contributed by atoms with van der Waals surface area (Å²) in [5, 5.41) is 2.72. The largest absolute Gasteiger partial charge is 0.354 e. The van der Waals surface area contributed by atoms with Gasteiger partial charge in [0.15, 0.2) is 0 Å². The lowest BCUT2D eigenvalue weighted by atomic mass is 9.87. The van der Waals surface area contributed by atoms with Gasteiger partial charge in [0, 0.05) is 19.0 Å². The maximum atomic E-state index is 12.2. The second kappa shape index (κ2) is 7.24. The number of rotatable bonds is 6. The van der Waals surface area contributed by atoms with Crippen molar-refractivity contribution in [2.75, 3.05) is 6.54 Å². The van der Waals surface area contributed by atoms with Gasteiger partial charge in [-0.25, -0.2) is 13.1 Å².